The molecule has 1 aromatic rings. The van der Waals surface area contributed by atoms with Crippen molar-refractivity contribution in [2.24, 2.45) is 5.92 Å². The smallest absolute Gasteiger partial charge is 0.212 e. The van der Waals surface area contributed by atoms with Crippen LogP contribution in [0.15, 0.2) is 10.6 Å². The summed E-state index contributed by atoms with van der Waals surface area (Å²) in [5.74, 6) is 1.14. The maximum Gasteiger partial charge on any atom is 0.212 e. The predicted molar refractivity (Wildman–Crippen MR) is 67.5 cm³/mol. The highest BCUT2D eigenvalue weighted by Gasteiger charge is 2.21. The molecule has 0 saturated carbocycles. The fraction of sp³-hybridized carbons (Fsp3) is 0.727. The molecule has 0 amide bonds. The number of rotatable bonds is 5. The zero-order valence-corrected chi connectivity index (χ0v) is 11.3. The SMILES string of the molecule is Cc1cc(CNS(=O)(=O)CC2CCNCC2)no1. The van der Waals surface area contributed by atoms with Gasteiger partial charge in [-0.3, -0.25) is 0 Å². The highest BCUT2D eigenvalue weighted by molar-refractivity contribution is 7.89. The molecule has 1 aliphatic heterocycles. The molecule has 0 bridgehead atoms. The molecule has 0 spiro atoms. The summed E-state index contributed by atoms with van der Waals surface area (Å²) in [5, 5.41) is 6.98. The van der Waals surface area contributed by atoms with Crippen LogP contribution in [0.3, 0.4) is 0 Å². The minimum atomic E-state index is -3.23. The Labute approximate surface area is 107 Å². The van der Waals surface area contributed by atoms with Gasteiger partial charge in [0.1, 0.15) is 5.76 Å². The van der Waals surface area contributed by atoms with Crippen LogP contribution in [-0.4, -0.2) is 32.4 Å². The quantitative estimate of drug-likeness (QED) is 0.811. The molecule has 2 N–H and O–H groups in total. The van der Waals surface area contributed by atoms with Gasteiger partial charge in [0, 0.05) is 6.07 Å². The van der Waals surface area contributed by atoms with Gasteiger partial charge in [-0.1, -0.05) is 5.16 Å². The lowest BCUT2D eigenvalue weighted by Crippen LogP contribution is -2.35. The lowest BCUT2D eigenvalue weighted by Gasteiger charge is -2.22. The summed E-state index contributed by atoms with van der Waals surface area (Å²) in [7, 11) is -3.23. The first-order valence-electron chi connectivity index (χ1n) is 6.15. The topological polar surface area (TPSA) is 84.2 Å². The summed E-state index contributed by atoms with van der Waals surface area (Å²) in [4.78, 5) is 0. The molecule has 0 radical (unpaired) electrons. The van der Waals surface area contributed by atoms with Crippen LogP contribution in [0, 0.1) is 12.8 Å². The van der Waals surface area contributed by atoms with Crippen LogP contribution in [0.4, 0.5) is 0 Å². The van der Waals surface area contributed by atoms with Crippen molar-refractivity contribution in [2.45, 2.75) is 26.3 Å². The Hall–Kier alpha value is -0.920. The van der Waals surface area contributed by atoms with Crippen molar-refractivity contribution in [3.05, 3.63) is 17.5 Å². The Morgan fingerprint density at radius 3 is 2.83 bits per heavy atom. The monoisotopic (exact) mass is 273 g/mol. The van der Waals surface area contributed by atoms with E-state index in [1.54, 1.807) is 13.0 Å². The molecule has 18 heavy (non-hydrogen) atoms. The molecule has 6 nitrogen and oxygen atoms in total. The molecular weight excluding hydrogens is 254 g/mol. The van der Waals surface area contributed by atoms with Crippen molar-refractivity contribution in [2.75, 3.05) is 18.8 Å². The molecule has 0 unspecified atom stereocenters. The second kappa shape index (κ2) is 5.81. The first-order valence-corrected chi connectivity index (χ1v) is 7.81. The zero-order chi connectivity index (χ0) is 13.0. The number of nitrogens with zero attached hydrogens (tertiary/aromatic N) is 1. The third kappa shape index (κ3) is 4.08. The normalized spacial score (nSPS) is 18.1. The van der Waals surface area contributed by atoms with E-state index in [1.165, 1.54) is 0 Å². The van der Waals surface area contributed by atoms with E-state index < -0.39 is 10.0 Å². The van der Waals surface area contributed by atoms with Gasteiger partial charge in [0.15, 0.2) is 0 Å². The Morgan fingerprint density at radius 2 is 2.22 bits per heavy atom. The first kappa shape index (κ1) is 13.5. The van der Waals surface area contributed by atoms with Gasteiger partial charge in [0.05, 0.1) is 18.0 Å². The van der Waals surface area contributed by atoms with Crippen LogP contribution >= 0.6 is 0 Å². The summed E-state index contributed by atoms with van der Waals surface area (Å²) in [6.45, 7) is 3.79. The summed E-state index contributed by atoms with van der Waals surface area (Å²) in [5.41, 5.74) is 0.612. The first-order chi connectivity index (χ1) is 8.55. The van der Waals surface area contributed by atoms with Crippen molar-refractivity contribution in [1.29, 1.82) is 0 Å². The lowest BCUT2D eigenvalue weighted by molar-refractivity contribution is 0.389. The number of aryl methyl sites for hydroxylation is 1. The fourth-order valence-corrected chi connectivity index (χ4v) is 3.54. The van der Waals surface area contributed by atoms with Crippen molar-refractivity contribution in [3.8, 4) is 0 Å². The van der Waals surface area contributed by atoms with Crippen molar-refractivity contribution < 1.29 is 12.9 Å². The van der Waals surface area contributed by atoms with Gasteiger partial charge < -0.3 is 9.84 Å². The Bertz CT molecular complexity index is 477. The average Bonchev–Trinajstić information content (AvgIpc) is 2.74. The highest BCUT2D eigenvalue weighted by Crippen LogP contribution is 2.13. The van der Waals surface area contributed by atoms with Crippen LogP contribution in [0.1, 0.15) is 24.3 Å². The minimum Gasteiger partial charge on any atom is -0.361 e. The van der Waals surface area contributed by atoms with Crippen LogP contribution < -0.4 is 10.0 Å². The average molecular weight is 273 g/mol. The molecule has 0 aliphatic carbocycles. The molecule has 7 heteroatoms. The van der Waals surface area contributed by atoms with E-state index in [9.17, 15) is 8.42 Å². The maximum absolute atomic E-state index is 11.9. The van der Waals surface area contributed by atoms with E-state index in [-0.39, 0.29) is 18.2 Å². The van der Waals surface area contributed by atoms with Gasteiger partial charge in [0.2, 0.25) is 10.0 Å². The van der Waals surface area contributed by atoms with Crippen molar-refractivity contribution >= 4 is 10.0 Å². The van der Waals surface area contributed by atoms with Crippen LogP contribution in [0.2, 0.25) is 0 Å². The predicted octanol–water partition coefficient (Wildman–Crippen LogP) is 0.402. The molecule has 102 valence electrons. The van der Waals surface area contributed by atoms with E-state index in [2.05, 4.69) is 15.2 Å². The van der Waals surface area contributed by atoms with Gasteiger partial charge in [-0.2, -0.15) is 0 Å². The summed E-state index contributed by atoms with van der Waals surface area (Å²) in [6, 6.07) is 1.73. The molecule has 1 saturated heterocycles. The van der Waals surface area contributed by atoms with Gasteiger partial charge >= 0.3 is 0 Å². The van der Waals surface area contributed by atoms with Crippen molar-refractivity contribution in [1.82, 2.24) is 15.2 Å². The molecular formula is C11H19N3O3S. The van der Waals surface area contributed by atoms with E-state index >= 15 is 0 Å². The van der Waals surface area contributed by atoms with Crippen LogP contribution in [0.25, 0.3) is 0 Å². The molecule has 0 aromatic carbocycles. The number of sulfonamides is 1. The zero-order valence-electron chi connectivity index (χ0n) is 10.5. The van der Waals surface area contributed by atoms with E-state index in [0.717, 1.165) is 25.9 Å². The van der Waals surface area contributed by atoms with Crippen LogP contribution in [0.5, 0.6) is 0 Å². The minimum absolute atomic E-state index is 0.199. The van der Waals surface area contributed by atoms with Crippen molar-refractivity contribution in [3.63, 3.8) is 0 Å². The molecule has 1 aromatic heterocycles. The Balaban J connectivity index is 1.83. The van der Waals surface area contributed by atoms with Gasteiger partial charge in [-0.25, -0.2) is 13.1 Å². The highest BCUT2D eigenvalue weighted by atomic mass is 32.2. The van der Waals surface area contributed by atoms with E-state index in [1.807, 2.05) is 0 Å². The van der Waals surface area contributed by atoms with Gasteiger partial charge in [-0.15, -0.1) is 0 Å². The summed E-state index contributed by atoms with van der Waals surface area (Å²) < 4.78 is 31.2. The molecule has 1 aliphatic rings. The number of hydrogen-bond acceptors (Lipinski definition) is 5. The fourth-order valence-electron chi connectivity index (χ4n) is 2.10. The molecule has 0 atom stereocenters. The second-order valence-electron chi connectivity index (χ2n) is 4.72. The van der Waals surface area contributed by atoms with E-state index in [4.69, 9.17) is 4.52 Å². The van der Waals surface area contributed by atoms with Gasteiger partial charge in [0.25, 0.3) is 0 Å². The Morgan fingerprint density at radius 1 is 1.50 bits per heavy atom. The molecule has 2 rings (SSSR count). The number of aromatic nitrogens is 1. The number of nitrogens with one attached hydrogen (secondary N) is 2. The van der Waals surface area contributed by atoms with Gasteiger partial charge in [-0.05, 0) is 38.8 Å². The molecule has 1 fully saturated rings. The third-order valence-electron chi connectivity index (χ3n) is 3.06. The second-order valence-corrected chi connectivity index (χ2v) is 6.58. The maximum atomic E-state index is 11.9. The Kier molecular flexibility index (Phi) is 4.36. The third-order valence-corrected chi connectivity index (χ3v) is 4.56. The van der Waals surface area contributed by atoms with Crippen LogP contribution in [-0.2, 0) is 16.6 Å². The standard InChI is InChI=1S/C11H19N3O3S/c1-9-6-11(14-17-9)7-13-18(15,16)8-10-2-4-12-5-3-10/h6,10,12-13H,2-5,7-8H2,1H3. The van der Waals surface area contributed by atoms with E-state index in [0.29, 0.717) is 11.5 Å². The number of piperidine rings is 1. The largest absolute Gasteiger partial charge is 0.361 e. The molecule has 2 heterocycles. The number of hydrogen-bond donors (Lipinski definition) is 2. The lowest BCUT2D eigenvalue weighted by atomic mass is 10.0. The summed E-state index contributed by atoms with van der Waals surface area (Å²) >= 11 is 0. The summed E-state index contributed by atoms with van der Waals surface area (Å²) in [6.07, 6.45) is 1.84.